The van der Waals surface area contributed by atoms with Gasteiger partial charge in [-0.2, -0.15) is 4.98 Å². The van der Waals surface area contributed by atoms with Gasteiger partial charge in [0.2, 0.25) is 11.7 Å². The molecular weight excluding hydrogens is 266 g/mol. The van der Waals surface area contributed by atoms with Crippen molar-refractivity contribution in [1.82, 2.24) is 15.0 Å². The molecule has 5 heteroatoms. The lowest BCUT2D eigenvalue weighted by molar-refractivity contribution is 0.141. The highest BCUT2D eigenvalue weighted by molar-refractivity contribution is 5.54. The highest BCUT2D eigenvalue weighted by Gasteiger charge is 2.25. The third-order valence-electron chi connectivity index (χ3n) is 4.14. The summed E-state index contributed by atoms with van der Waals surface area (Å²) in [6, 6.07) is 8.46. The lowest BCUT2D eigenvalue weighted by Gasteiger charge is -2.20. The SMILES string of the molecule is CCc1ccc(-c2noc(CN3CCCC3CO)n2)cc1. The van der Waals surface area contributed by atoms with Crippen molar-refractivity contribution in [2.75, 3.05) is 13.2 Å². The minimum atomic E-state index is 0.194. The molecule has 112 valence electrons. The van der Waals surface area contributed by atoms with E-state index < -0.39 is 0 Å². The van der Waals surface area contributed by atoms with Crippen LogP contribution in [0.1, 0.15) is 31.2 Å². The number of hydrogen-bond donors (Lipinski definition) is 1. The van der Waals surface area contributed by atoms with Crippen LogP contribution in [0.4, 0.5) is 0 Å². The summed E-state index contributed by atoms with van der Waals surface area (Å²) in [6.45, 7) is 3.92. The van der Waals surface area contributed by atoms with Crippen LogP contribution in [-0.2, 0) is 13.0 Å². The van der Waals surface area contributed by atoms with Gasteiger partial charge in [-0.1, -0.05) is 36.3 Å². The minimum absolute atomic E-state index is 0.194. The molecule has 2 aromatic rings. The summed E-state index contributed by atoms with van der Waals surface area (Å²) >= 11 is 0. The maximum Gasteiger partial charge on any atom is 0.241 e. The molecule has 0 radical (unpaired) electrons. The second kappa shape index (κ2) is 6.37. The topological polar surface area (TPSA) is 62.4 Å². The summed E-state index contributed by atoms with van der Waals surface area (Å²) in [4.78, 5) is 6.67. The fourth-order valence-electron chi connectivity index (χ4n) is 2.81. The zero-order chi connectivity index (χ0) is 14.7. The molecule has 0 spiro atoms. The van der Waals surface area contributed by atoms with Crippen LogP contribution in [0.3, 0.4) is 0 Å². The van der Waals surface area contributed by atoms with Crippen LogP contribution in [0.5, 0.6) is 0 Å². The van der Waals surface area contributed by atoms with E-state index in [-0.39, 0.29) is 12.6 Å². The van der Waals surface area contributed by atoms with Gasteiger partial charge >= 0.3 is 0 Å². The Morgan fingerprint density at radius 3 is 2.86 bits per heavy atom. The summed E-state index contributed by atoms with van der Waals surface area (Å²) in [5.41, 5.74) is 2.27. The number of aliphatic hydroxyl groups excluding tert-OH is 1. The average Bonchev–Trinajstić information content (AvgIpc) is 3.17. The molecule has 0 amide bonds. The number of aromatic nitrogens is 2. The van der Waals surface area contributed by atoms with Crippen molar-refractivity contribution >= 4 is 0 Å². The second-order valence-corrected chi connectivity index (χ2v) is 5.51. The lowest BCUT2D eigenvalue weighted by Crippen LogP contribution is -2.31. The first-order valence-corrected chi connectivity index (χ1v) is 7.57. The minimum Gasteiger partial charge on any atom is -0.395 e. The molecule has 1 aliphatic heterocycles. The van der Waals surface area contributed by atoms with Crippen LogP contribution < -0.4 is 0 Å². The summed E-state index contributed by atoms with van der Waals surface area (Å²) in [5.74, 6) is 1.25. The Hall–Kier alpha value is -1.72. The molecule has 3 rings (SSSR count). The third kappa shape index (κ3) is 3.14. The first-order chi connectivity index (χ1) is 10.3. The molecule has 1 atom stereocenters. The van der Waals surface area contributed by atoms with E-state index in [2.05, 4.69) is 34.1 Å². The van der Waals surface area contributed by atoms with Crippen LogP contribution >= 0.6 is 0 Å². The molecule has 5 nitrogen and oxygen atoms in total. The molecule has 0 bridgehead atoms. The van der Waals surface area contributed by atoms with E-state index in [0.717, 1.165) is 31.4 Å². The van der Waals surface area contributed by atoms with Crippen molar-refractivity contribution in [2.45, 2.75) is 38.8 Å². The van der Waals surface area contributed by atoms with E-state index in [9.17, 15) is 5.11 Å². The van der Waals surface area contributed by atoms with E-state index in [1.807, 2.05) is 12.1 Å². The van der Waals surface area contributed by atoms with Crippen molar-refractivity contribution in [3.8, 4) is 11.4 Å². The van der Waals surface area contributed by atoms with Crippen molar-refractivity contribution < 1.29 is 9.63 Å². The van der Waals surface area contributed by atoms with Gasteiger partial charge in [0, 0.05) is 11.6 Å². The Labute approximate surface area is 124 Å². The normalized spacial score (nSPS) is 19.2. The van der Waals surface area contributed by atoms with Gasteiger partial charge in [0.1, 0.15) is 0 Å². The standard InChI is InChI=1S/C16H21N3O2/c1-2-12-5-7-13(8-6-12)16-17-15(21-18-16)10-19-9-3-4-14(19)11-20/h5-8,14,20H,2-4,9-11H2,1H3. The summed E-state index contributed by atoms with van der Waals surface area (Å²) < 4.78 is 5.35. The predicted octanol–water partition coefficient (Wildman–Crippen LogP) is 2.26. The smallest absolute Gasteiger partial charge is 0.241 e. The van der Waals surface area contributed by atoms with Gasteiger partial charge in [-0.15, -0.1) is 0 Å². The first kappa shape index (κ1) is 14.2. The summed E-state index contributed by atoms with van der Waals surface area (Å²) in [7, 11) is 0. The number of aryl methyl sites for hydroxylation is 1. The first-order valence-electron chi connectivity index (χ1n) is 7.57. The zero-order valence-corrected chi connectivity index (χ0v) is 12.3. The van der Waals surface area contributed by atoms with Crippen LogP contribution in [0, 0.1) is 0 Å². The number of rotatable bonds is 5. The number of aliphatic hydroxyl groups is 1. The molecule has 1 unspecified atom stereocenters. The van der Waals surface area contributed by atoms with Gasteiger partial charge in [0.15, 0.2) is 0 Å². The average molecular weight is 287 g/mol. The summed E-state index contributed by atoms with van der Waals surface area (Å²) in [6.07, 6.45) is 3.18. The lowest BCUT2D eigenvalue weighted by atomic mass is 10.1. The Morgan fingerprint density at radius 2 is 2.14 bits per heavy atom. The quantitative estimate of drug-likeness (QED) is 0.914. The Bertz CT molecular complexity index is 579. The maximum absolute atomic E-state index is 9.34. The molecular formula is C16H21N3O2. The number of benzene rings is 1. The fourth-order valence-corrected chi connectivity index (χ4v) is 2.81. The van der Waals surface area contributed by atoms with E-state index >= 15 is 0 Å². The number of hydrogen-bond acceptors (Lipinski definition) is 5. The van der Waals surface area contributed by atoms with Crippen molar-refractivity contribution in [3.05, 3.63) is 35.7 Å². The van der Waals surface area contributed by atoms with E-state index in [1.54, 1.807) is 0 Å². The van der Waals surface area contributed by atoms with E-state index in [1.165, 1.54) is 5.56 Å². The van der Waals surface area contributed by atoms with Crippen molar-refractivity contribution in [1.29, 1.82) is 0 Å². The van der Waals surface area contributed by atoms with Crippen molar-refractivity contribution in [3.63, 3.8) is 0 Å². The van der Waals surface area contributed by atoms with Crippen LogP contribution in [0.15, 0.2) is 28.8 Å². The molecule has 2 heterocycles. The van der Waals surface area contributed by atoms with Crippen LogP contribution in [0.25, 0.3) is 11.4 Å². The second-order valence-electron chi connectivity index (χ2n) is 5.51. The molecule has 1 aromatic carbocycles. The number of nitrogens with zero attached hydrogens (tertiary/aromatic N) is 3. The van der Waals surface area contributed by atoms with Gasteiger partial charge in [0.25, 0.3) is 0 Å². The molecule has 1 saturated heterocycles. The molecule has 21 heavy (non-hydrogen) atoms. The number of likely N-dealkylation sites (tertiary alicyclic amines) is 1. The summed E-state index contributed by atoms with van der Waals surface area (Å²) in [5, 5.41) is 13.4. The van der Waals surface area contributed by atoms with Crippen LogP contribution in [0.2, 0.25) is 0 Å². The molecule has 1 N–H and O–H groups in total. The van der Waals surface area contributed by atoms with Gasteiger partial charge < -0.3 is 9.63 Å². The van der Waals surface area contributed by atoms with Gasteiger partial charge in [-0.3, -0.25) is 4.90 Å². The van der Waals surface area contributed by atoms with Crippen molar-refractivity contribution in [2.24, 2.45) is 0 Å². The molecule has 0 saturated carbocycles. The zero-order valence-electron chi connectivity index (χ0n) is 12.3. The Balaban J connectivity index is 1.70. The van der Waals surface area contributed by atoms with Crippen LogP contribution in [-0.4, -0.2) is 39.3 Å². The molecule has 1 aromatic heterocycles. The predicted molar refractivity (Wildman–Crippen MR) is 79.6 cm³/mol. The van der Waals surface area contributed by atoms with Gasteiger partial charge in [-0.05, 0) is 31.4 Å². The molecule has 0 aliphatic carbocycles. The molecule has 1 aliphatic rings. The monoisotopic (exact) mass is 287 g/mol. The van der Waals surface area contributed by atoms with Gasteiger partial charge in [-0.25, -0.2) is 0 Å². The Kier molecular flexibility index (Phi) is 4.31. The third-order valence-corrected chi connectivity index (χ3v) is 4.14. The highest BCUT2D eigenvalue weighted by atomic mass is 16.5. The van der Waals surface area contributed by atoms with E-state index in [0.29, 0.717) is 18.3 Å². The largest absolute Gasteiger partial charge is 0.395 e. The fraction of sp³-hybridized carbons (Fsp3) is 0.500. The van der Waals surface area contributed by atoms with E-state index in [4.69, 9.17) is 4.52 Å². The highest BCUT2D eigenvalue weighted by Crippen LogP contribution is 2.21. The maximum atomic E-state index is 9.34. The molecule has 1 fully saturated rings. The Morgan fingerprint density at radius 1 is 1.33 bits per heavy atom. The van der Waals surface area contributed by atoms with Gasteiger partial charge in [0.05, 0.1) is 13.2 Å².